The van der Waals surface area contributed by atoms with Crippen LogP contribution in [-0.2, 0) is 6.42 Å². The van der Waals surface area contributed by atoms with Gasteiger partial charge >= 0.3 is 0 Å². The summed E-state index contributed by atoms with van der Waals surface area (Å²) >= 11 is 5.68. The van der Waals surface area contributed by atoms with Gasteiger partial charge in [0.2, 0.25) is 0 Å². The summed E-state index contributed by atoms with van der Waals surface area (Å²) < 4.78 is 28.5. The van der Waals surface area contributed by atoms with Gasteiger partial charge in [0.1, 0.15) is 11.6 Å². The van der Waals surface area contributed by atoms with Gasteiger partial charge in [-0.2, -0.15) is 0 Å². The van der Waals surface area contributed by atoms with E-state index in [1.807, 2.05) is 18.2 Å². The fourth-order valence-corrected chi connectivity index (χ4v) is 3.55. The van der Waals surface area contributed by atoms with Gasteiger partial charge in [0.15, 0.2) is 0 Å². The van der Waals surface area contributed by atoms with E-state index in [4.69, 9.17) is 11.6 Å². The molecule has 0 saturated heterocycles. The van der Waals surface area contributed by atoms with Crippen molar-refractivity contribution >= 4 is 22.4 Å². The SMILES string of the molecule is CCCc1ccc(-c2ccc3c(F)c(C#Cc4ccc(Cl)c(F)c4)ccc3c2)cc1. The van der Waals surface area contributed by atoms with Gasteiger partial charge in [-0.15, -0.1) is 0 Å². The Bertz CT molecular complexity index is 1280. The second-order valence-corrected chi connectivity index (χ2v) is 7.60. The lowest BCUT2D eigenvalue weighted by atomic mass is 9.98. The van der Waals surface area contributed by atoms with E-state index in [1.54, 1.807) is 18.2 Å². The van der Waals surface area contributed by atoms with Crippen molar-refractivity contribution in [2.75, 3.05) is 0 Å². The molecule has 0 atom stereocenters. The molecular weight excluding hydrogens is 398 g/mol. The molecule has 0 unspecified atom stereocenters. The highest BCUT2D eigenvalue weighted by Gasteiger charge is 2.08. The lowest BCUT2D eigenvalue weighted by molar-refractivity contribution is 0.628. The molecule has 0 heterocycles. The van der Waals surface area contributed by atoms with Gasteiger partial charge in [-0.05, 0) is 58.8 Å². The zero-order valence-electron chi connectivity index (χ0n) is 16.5. The topological polar surface area (TPSA) is 0 Å². The van der Waals surface area contributed by atoms with Crippen molar-refractivity contribution in [1.82, 2.24) is 0 Å². The second-order valence-electron chi connectivity index (χ2n) is 7.19. The van der Waals surface area contributed by atoms with E-state index >= 15 is 0 Å². The van der Waals surface area contributed by atoms with Crippen molar-refractivity contribution in [3.05, 3.63) is 106 Å². The molecule has 0 N–H and O–H groups in total. The molecule has 4 rings (SSSR count). The minimum atomic E-state index is -0.544. The van der Waals surface area contributed by atoms with Crippen LogP contribution >= 0.6 is 11.6 Å². The number of hydrogen-bond donors (Lipinski definition) is 0. The molecule has 0 aliphatic heterocycles. The molecule has 0 radical (unpaired) electrons. The van der Waals surface area contributed by atoms with Crippen LogP contribution in [0.15, 0.2) is 72.8 Å². The van der Waals surface area contributed by atoms with Gasteiger partial charge in [-0.1, -0.05) is 79.3 Å². The van der Waals surface area contributed by atoms with Crippen LogP contribution in [-0.4, -0.2) is 0 Å². The van der Waals surface area contributed by atoms with Crippen LogP contribution in [0.1, 0.15) is 30.0 Å². The summed E-state index contributed by atoms with van der Waals surface area (Å²) in [5.41, 5.74) is 4.18. The predicted molar refractivity (Wildman–Crippen MR) is 121 cm³/mol. The Hall–Kier alpha value is -3.15. The quantitative estimate of drug-likeness (QED) is 0.299. The molecule has 0 saturated carbocycles. The van der Waals surface area contributed by atoms with Gasteiger partial charge in [0.05, 0.1) is 10.6 Å². The number of halogens is 3. The third-order valence-corrected chi connectivity index (χ3v) is 5.35. The maximum atomic E-state index is 15.0. The van der Waals surface area contributed by atoms with Crippen LogP contribution in [0.2, 0.25) is 5.02 Å². The van der Waals surface area contributed by atoms with Crippen LogP contribution in [0.3, 0.4) is 0 Å². The Balaban J connectivity index is 1.66. The average molecular weight is 417 g/mol. The molecule has 30 heavy (non-hydrogen) atoms. The summed E-state index contributed by atoms with van der Waals surface area (Å²) in [6.45, 7) is 2.16. The molecule has 4 aromatic carbocycles. The first-order chi connectivity index (χ1) is 14.5. The average Bonchev–Trinajstić information content (AvgIpc) is 2.76. The molecule has 0 aliphatic carbocycles. The molecule has 0 nitrogen and oxygen atoms in total. The maximum Gasteiger partial charge on any atom is 0.146 e. The first kappa shape index (κ1) is 20.1. The number of hydrogen-bond acceptors (Lipinski definition) is 0. The number of fused-ring (bicyclic) bond motifs is 1. The Morgan fingerprint density at radius 2 is 1.57 bits per heavy atom. The highest BCUT2D eigenvalue weighted by molar-refractivity contribution is 6.30. The zero-order valence-corrected chi connectivity index (χ0v) is 17.2. The van der Waals surface area contributed by atoms with Crippen LogP contribution in [0.25, 0.3) is 21.9 Å². The van der Waals surface area contributed by atoms with Crippen molar-refractivity contribution in [3.8, 4) is 23.0 Å². The van der Waals surface area contributed by atoms with Gasteiger partial charge in [0.25, 0.3) is 0 Å². The Labute approximate surface area is 180 Å². The lowest BCUT2D eigenvalue weighted by Gasteiger charge is -2.07. The van der Waals surface area contributed by atoms with Crippen molar-refractivity contribution in [3.63, 3.8) is 0 Å². The molecule has 4 aromatic rings. The Kier molecular flexibility index (Phi) is 5.84. The Morgan fingerprint density at radius 3 is 2.30 bits per heavy atom. The molecular formula is C27H19ClF2. The van der Waals surface area contributed by atoms with Crippen molar-refractivity contribution < 1.29 is 8.78 Å². The standard InChI is InChI=1S/C27H19ClF2/c1-2-3-18-4-8-20(9-5-18)22-13-14-24-23(17-22)12-11-21(27(24)30)10-6-19-7-15-25(28)26(29)16-19/h4-5,7-9,11-17H,2-3H2,1H3. The van der Waals surface area contributed by atoms with Crippen molar-refractivity contribution in [2.24, 2.45) is 0 Å². The molecule has 0 aliphatic rings. The molecule has 0 aromatic heterocycles. The lowest BCUT2D eigenvalue weighted by Crippen LogP contribution is -1.88. The van der Waals surface area contributed by atoms with E-state index < -0.39 is 5.82 Å². The van der Waals surface area contributed by atoms with Crippen LogP contribution in [0.5, 0.6) is 0 Å². The fraction of sp³-hybridized carbons (Fsp3) is 0.111. The smallest absolute Gasteiger partial charge is 0.146 e. The number of benzene rings is 4. The normalized spacial score (nSPS) is 10.7. The first-order valence-electron chi connectivity index (χ1n) is 9.84. The van der Waals surface area contributed by atoms with Gasteiger partial charge in [-0.3, -0.25) is 0 Å². The Morgan fingerprint density at radius 1 is 0.800 bits per heavy atom. The highest BCUT2D eigenvalue weighted by Crippen LogP contribution is 2.28. The van der Waals surface area contributed by atoms with E-state index in [-0.39, 0.29) is 16.4 Å². The van der Waals surface area contributed by atoms with E-state index in [0.717, 1.165) is 29.4 Å². The molecule has 0 fully saturated rings. The summed E-state index contributed by atoms with van der Waals surface area (Å²) in [5.74, 6) is 4.68. The van der Waals surface area contributed by atoms with Gasteiger partial charge in [-0.25, -0.2) is 8.78 Å². The van der Waals surface area contributed by atoms with E-state index in [1.165, 1.54) is 17.7 Å². The van der Waals surface area contributed by atoms with E-state index in [9.17, 15) is 8.78 Å². The van der Waals surface area contributed by atoms with E-state index in [0.29, 0.717) is 10.9 Å². The molecule has 0 amide bonds. The van der Waals surface area contributed by atoms with Crippen LogP contribution in [0.4, 0.5) is 8.78 Å². The summed E-state index contributed by atoms with van der Waals surface area (Å²) in [6, 6.07) is 22.0. The van der Waals surface area contributed by atoms with Crippen molar-refractivity contribution in [2.45, 2.75) is 19.8 Å². The zero-order chi connectivity index (χ0) is 21.1. The minimum absolute atomic E-state index is 0.0354. The molecule has 3 heteroatoms. The summed E-state index contributed by atoms with van der Waals surface area (Å²) in [5, 5.41) is 1.36. The van der Waals surface area contributed by atoms with Crippen LogP contribution < -0.4 is 0 Å². The third kappa shape index (κ3) is 4.22. The minimum Gasteiger partial charge on any atom is -0.205 e. The third-order valence-electron chi connectivity index (χ3n) is 5.04. The maximum absolute atomic E-state index is 15.0. The van der Waals surface area contributed by atoms with Gasteiger partial charge in [0, 0.05) is 10.9 Å². The fourth-order valence-electron chi connectivity index (χ4n) is 3.43. The summed E-state index contributed by atoms with van der Waals surface area (Å²) in [4.78, 5) is 0. The summed E-state index contributed by atoms with van der Waals surface area (Å²) in [7, 11) is 0. The monoisotopic (exact) mass is 416 g/mol. The molecule has 0 spiro atoms. The summed E-state index contributed by atoms with van der Waals surface area (Å²) in [6.07, 6.45) is 2.18. The van der Waals surface area contributed by atoms with Gasteiger partial charge < -0.3 is 0 Å². The first-order valence-corrected chi connectivity index (χ1v) is 10.2. The predicted octanol–water partition coefficient (Wildman–Crippen LogP) is 7.79. The highest BCUT2D eigenvalue weighted by atomic mass is 35.5. The van der Waals surface area contributed by atoms with E-state index in [2.05, 4.69) is 43.0 Å². The van der Waals surface area contributed by atoms with Crippen molar-refractivity contribution in [1.29, 1.82) is 0 Å². The number of rotatable bonds is 3. The van der Waals surface area contributed by atoms with Crippen LogP contribution in [0, 0.1) is 23.5 Å². The molecule has 148 valence electrons. The second kappa shape index (κ2) is 8.69. The molecule has 0 bridgehead atoms. The number of aryl methyl sites for hydroxylation is 1. The largest absolute Gasteiger partial charge is 0.205 e.